The van der Waals surface area contributed by atoms with Gasteiger partial charge in [-0.15, -0.1) is 0 Å². The standard InChI is InChI=1S/C18H28F3N3O4/c1-10-8-11(13(25)22-7)24(9-10)14(26)12(16(2,3)4)23-15(27)28-17(5,6)18(19,20)21/h10-12H,7-9H2,1-6H3,(H,23,27)/t10-,11+,12-/m1/s1. The molecule has 0 radical (unpaired) electrons. The predicted molar refractivity (Wildman–Crippen MR) is 96.8 cm³/mol. The van der Waals surface area contributed by atoms with Crippen molar-refractivity contribution in [2.45, 2.75) is 71.8 Å². The number of nitrogens with one attached hydrogen (secondary N) is 1. The van der Waals surface area contributed by atoms with Crippen LogP contribution in [-0.2, 0) is 14.3 Å². The van der Waals surface area contributed by atoms with Crippen LogP contribution in [0, 0.1) is 11.3 Å². The monoisotopic (exact) mass is 407 g/mol. The fourth-order valence-electron chi connectivity index (χ4n) is 2.88. The number of amides is 3. The minimum absolute atomic E-state index is 0.0244. The van der Waals surface area contributed by atoms with Crippen molar-refractivity contribution in [3.63, 3.8) is 0 Å². The minimum atomic E-state index is -4.77. The fourth-order valence-corrected chi connectivity index (χ4v) is 2.88. The molecule has 7 nitrogen and oxygen atoms in total. The summed E-state index contributed by atoms with van der Waals surface area (Å²) in [6.45, 7) is 11.7. The van der Waals surface area contributed by atoms with E-state index in [0.717, 1.165) is 0 Å². The maximum absolute atomic E-state index is 13.1. The molecule has 0 spiro atoms. The number of carbonyl (C=O) groups is 3. The van der Waals surface area contributed by atoms with E-state index in [0.29, 0.717) is 20.3 Å². The first-order valence-corrected chi connectivity index (χ1v) is 8.88. The molecule has 0 aromatic carbocycles. The lowest BCUT2D eigenvalue weighted by molar-refractivity contribution is -0.244. The number of alkyl halides is 3. The van der Waals surface area contributed by atoms with Gasteiger partial charge in [0.2, 0.25) is 11.5 Å². The van der Waals surface area contributed by atoms with Crippen molar-refractivity contribution in [3.8, 4) is 0 Å². The van der Waals surface area contributed by atoms with Gasteiger partial charge < -0.3 is 15.0 Å². The van der Waals surface area contributed by atoms with Crippen LogP contribution in [0.1, 0.15) is 48.0 Å². The third-order valence-electron chi connectivity index (χ3n) is 4.64. The van der Waals surface area contributed by atoms with Crippen LogP contribution in [0.3, 0.4) is 0 Å². The predicted octanol–water partition coefficient (Wildman–Crippen LogP) is 2.93. The molecular weight excluding hydrogens is 379 g/mol. The molecule has 3 atom stereocenters. The number of nitrogens with zero attached hydrogens (tertiary/aromatic N) is 2. The summed E-state index contributed by atoms with van der Waals surface area (Å²) in [5.74, 6) is -1.12. The molecule has 1 aliphatic heterocycles. The highest BCUT2D eigenvalue weighted by atomic mass is 19.4. The first-order valence-electron chi connectivity index (χ1n) is 8.88. The van der Waals surface area contributed by atoms with Crippen LogP contribution in [0.4, 0.5) is 18.0 Å². The van der Waals surface area contributed by atoms with Gasteiger partial charge in [0.1, 0.15) is 12.1 Å². The van der Waals surface area contributed by atoms with Crippen LogP contribution >= 0.6 is 0 Å². The highest BCUT2D eigenvalue weighted by Crippen LogP contribution is 2.33. The highest BCUT2D eigenvalue weighted by Gasteiger charge is 2.51. The lowest BCUT2D eigenvalue weighted by Crippen LogP contribution is -2.58. The van der Waals surface area contributed by atoms with Gasteiger partial charge in [-0.3, -0.25) is 9.59 Å². The first-order chi connectivity index (χ1) is 12.5. The fraction of sp³-hybridized carbons (Fsp3) is 0.778. The van der Waals surface area contributed by atoms with Crippen LogP contribution < -0.4 is 5.32 Å². The topological polar surface area (TPSA) is 88.1 Å². The smallest absolute Gasteiger partial charge is 0.427 e. The van der Waals surface area contributed by atoms with Crippen LogP contribution in [0.25, 0.3) is 0 Å². The molecule has 1 saturated heterocycles. The van der Waals surface area contributed by atoms with E-state index in [1.165, 1.54) is 4.90 Å². The van der Waals surface area contributed by atoms with Crippen LogP contribution in [0.5, 0.6) is 0 Å². The summed E-state index contributed by atoms with van der Waals surface area (Å²) in [5, 5.41) is 2.24. The van der Waals surface area contributed by atoms with E-state index in [4.69, 9.17) is 0 Å². The van der Waals surface area contributed by atoms with Gasteiger partial charge in [-0.1, -0.05) is 27.7 Å². The van der Waals surface area contributed by atoms with Crippen molar-refractivity contribution in [2.24, 2.45) is 16.3 Å². The Bertz CT molecular complexity index is 641. The number of hydrogen-bond donors (Lipinski definition) is 1. The van der Waals surface area contributed by atoms with Gasteiger partial charge in [-0.25, -0.2) is 9.79 Å². The van der Waals surface area contributed by atoms with Crippen LogP contribution in [0.2, 0.25) is 0 Å². The molecule has 1 fully saturated rings. The summed E-state index contributed by atoms with van der Waals surface area (Å²) in [7, 11) is 0. The van der Waals surface area contributed by atoms with Crippen molar-refractivity contribution < 1.29 is 32.3 Å². The maximum atomic E-state index is 13.1. The normalized spacial score (nSPS) is 21.8. The number of likely N-dealkylation sites (tertiary alicyclic amines) is 1. The number of ether oxygens (including phenoxy) is 1. The lowest BCUT2D eigenvalue weighted by atomic mass is 9.85. The largest absolute Gasteiger partial charge is 0.434 e. The average molecular weight is 407 g/mol. The number of alkyl carbamates (subject to hydrolysis) is 1. The van der Waals surface area contributed by atoms with Crippen molar-refractivity contribution in [2.75, 3.05) is 6.54 Å². The molecule has 0 aromatic rings. The van der Waals surface area contributed by atoms with Crippen molar-refractivity contribution in [3.05, 3.63) is 0 Å². The molecule has 10 heteroatoms. The molecule has 3 amide bonds. The van der Waals surface area contributed by atoms with Crippen molar-refractivity contribution >= 4 is 24.6 Å². The summed E-state index contributed by atoms with van der Waals surface area (Å²) in [6.07, 6.45) is -5.75. The number of halogens is 3. The quantitative estimate of drug-likeness (QED) is 0.726. The van der Waals surface area contributed by atoms with E-state index in [-0.39, 0.29) is 12.5 Å². The Morgan fingerprint density at radius 3 is 2.14 bits per heavy atom. The molecular formula is C18H28F3N3O4. The molecule has 0 aliphatic carbocycles. The van der Waals surface area contributed by atoms with E-state index >= 15 is 0 Å². The molecule has 160 valence electrons. The Morgan fingerprint density at radius 2 is 1.71 bits per heavy atom. The van der Waals surface area contributed by atoms with Gasteiger partial charge in [0.05, 0.1) is 0 Å². The molecule has 1 N–H and O–H groups in total. The van der Waals surface area contributed by atoms with Crippen LogP contribution in [0.15, 0.2) is 4.99 Å². The van der Waals surface area contributed by atoms with Gasteiger partial charge in [-0.05, 0) is 38.3 Å². The second kappa shape index (κ2) is 8.08. The zero-order chi connectivity index (χ0) is 22.1. The van der Waals surface area contributed by atoms with Gasteiger partial charge in [0, 0.05) is 6.54 Å². The molecule has 1 aliphatic rings. The minimum Gasteiger partial charge on any atom is -0.434 e. The van der Waals surface area contributed by atoms with Gasteiger partial charge in [-0.2, -0.15) is 13.2 Å². The molecule has 1 rings (SSSR count). The second-order valence-electron chi connectivity index (χ2n) is 8.68. The van der Waals surface area contributed by atoms with E-state index in [2.05, 4.69) is 21.8 Å². The van der Waals surface area contributed by atoms with Gasteiger partial charge >= 0.3 is 12.3 Å². The van der Waals surface area contributed by atoms with E-state index in [1.54, 1.807) is 20.8 Å². The summed E-state index contributed by atoms with van der Waals surface area (Å²) >= 11 is 0. The van der Waals surface area contributed by atoms with E-state index < -0.39 is 47.2 Å². The van der Waals surface area contributed by atoms with E-state index in [9.17, 15) is 27.6 Å². The zero-order valence-electron chi connectivity index (χ0n) is 17.0. The van der Waals surface area contributed by atoms with Gasteiger partial charge in [0.25, 0.3) is 5.91 Å². The Balaban J connectivity index is 3.06. The Labute approximate surface area is 162 Å². The second-order valence-corrected chi connectivity index (χ2v) is 8.68. The Morgan fingerprint density at radius 1 is 1.18 bits per heavy atom. The maximum Gasteiger partial charge on any atom is 0.427 e. The SMILES string of the molecule is C=NC(=O)[C@@H]1C[C@@H](C)CN1C(=O)[C@@H](NC(=O)OC(C)(C)C(F)(F)F)C(C)(C)C. The molecule has 0 bridgehead atoms. The van der Waals surface area contributed by atoms with Crippen molar-refractivity contribution in [1.29, 1.82) is 0 Å². The average Bonchev–Trinajstić information content (AvgIpc) is 2.90. The third kappa shape index (κ3) is 5.45. The summed E-state index contributed by atoms with van der Waals surface area (Å²) in [6, 6.07) is -2.01. The Hall–Kier alpha value is -2.13. The zero-order valence-corrected chi connectivity index (χ0v) is 17.0. The number of hydrogen-bond acceptors (Lipinski definition) is 4. The highest BCUT2D eigenvalue weighted by molar-refractivity contribution is 5.93. The molecule has 0 saturated carbocycles. The molecule has 0 unspecified atom stereocenters. The summed E-state index contributed by atoms with van der Waals surface area (Å²) in [5.41, 5.74) is -3.57. The third-order valence-corrected chi connectivity index (χ3v) is 4.64. The molecule has 1 heterocycles. The first kappa shape index (κ1) is 23.9. The summed E-state index contributed by atoms with van der Waals surface area (Å²) in [4.78, 5) is 41.9. The molecule has 28 heavy (non-hydrogen) atoms. The van der Waals surface area contributed by atoms with Crippen LogP contribution in [-0.4, -0.2) is 59.9 Å². The van der Waals surface area contributed by atoms with E-state index in [1.807, 2.05) is 6.92 Å². The number of rotatable bonds is 4. The Kier molecular flexibility index (Phi) is 6.90. The summed E-state index contributed by atoms with van der Waals surface area (Å²) < 4.78 is 43.4. The lowest BCUT2D eigenvalue weighted by Gasteiger charge is -2.36. The van der Waals surface area contributed by atoms with Crippen molar-refractivity contribution in [1.82, 2.24) is 10.2 Å². The van der Waals surface area contributed by atoms with Gasteiger partial charge in [0.15, 0.2) is 0 Å². The number of carbonyl (C=O) groups excluding carboxylic acids is 3. The molecule has 0 aromatic heterocycles. The number of aliphatic imine (C=N–C) groups is 1.